The van der Waals surface area contributed by atoms with E-state index >= 15 is 0 Å². The van der Waals surface area contributed by atoms with E-state index in [2.05, 4.69) is 34.4 Å². The Bertz CT molecular complexity index is 1110. The van der Waals surface area contributed by atoms with E-state index in [1.165, 1.54) is 12.8 Å². The van der Waals surface area contributed by atoms with Crippen molar-refractivity contribution in [3.05, 3.63) is 70.8 Å². The van der Waals surface area contributed by atoms with Crippen molar-refractivity contribution in [2.45, 2.75) is 52.4 Å². The summed E-state index contributed by atoms with van der Waals surface area (Å²) in [5.41, 5.74) is 2.01. The summed E-state index contributed by atoms with van der Waals surface area (Å²) in [5, 5.41) is 9.83. The molecule has 2 amide bonds. The van der Waals surface area contributed by atoms with Crippen LogP contribution in [0.3, 0.4) is 0 Å². The minimum Gasteiger partial charge on any atom is -0.492 e. The molecule has 0 bridgehead atoms. The van der Waals surface area contributed by atoms with E-state index < -0.39 is 0 Å². The number of urea groups is 1. The highest BCUT2D eigenvalue weighted by Crippen LogP contribution is 2.38. The van der Waals surface area contributed by atoms with Gasteiger partial charge in [-0.05, 0) is 51.3 Å². The van der Waals surface area contributed by atoms with Crippen LogP contribution >= 0.6 is 11.6 Å². The van der Waals surface area contributed by atoms with Crippen molar-refractivity contribution in [2.24, 2.45) is 5.41 Å². The fraction of sp³-hybridized carbons (Fsp3) is 0.606. The number of carbonyl (C=O) groups is 1. The van der Waals surface area contributed by atoms with Crippen LogP contribution in [-0.4, -0.2) is 89.1 Å². The highest BCUT2D eigenvalue weighted by atomic mass is 35.5. The number of amides is 2. The number of nitrogens with zero attached hydrogens (tertiary/aromatic N) is 2. The smallest absolute Gasteiger partial charge is 0.420 e. The fourth-order valence-corrected chi connectivity index (χ4v) is 5.65. The minimum absolute atomic E-state index is 0.119. The molecule has 0 saturated carbocycles. The zero-order valence-electron chi connectivity index (χ0n) is 26.9. The average molecular weight is 619 g/mol. The number of rotatable bonds is 15. The van der Waals surface area contributed by atoms with Crippen molar-refractivity contribution >= 4 is 17.6 Å². The van der Waals surface area contributed by atoms with Gasteiger partial charge in [0.05, 0.1) is 51.2 Å². The maximum atomic E-state index is 12.8. The Morgan fingerprint density at radius 2 is 2.02 bits per heavy atom. The summed E-state index contributed by atoms with van der Waals surface area (Å²) >= 11 is 6.62. The van der Waals surface area contributed by atoms with Gasteiger partial charge in [-0.1, -0.05) is 38.1 Å². The second kappa shape index (κ2) is 16.9. The van der Waals surface area contributed by atoms with E-state index in [1.807, 2.05) is 52.5 Å². The number of hydrogen-bond donors (Lipinski definition) is 3. The van der Waals surface area contributed by atoms with Crippen molar-refractivity contribution in [2.75, 3.05) is 73.7 Å². The van der Waals surface area contributed by atoms with Gasteiger partial charge < -0.3 is 29.7 Å². The molecule has 2 fully saturated rings. The summed E-state index contributed by atoms with van der Waals surface area (Å²) < 4.78 is 17.8. The van der Waals surface area contributed by atoms with Crippen LogP contribution in [0.25, 0.3) is 0 Å². The first kappa shape index (κ1) is 34.8. The van der Waals surface area contributed by atoms with E-state index in [0.29, 0.717) is 41.5 Å². The van der Waals surface area contributed by atoms with Gasteiger partial charge in [-0.3, -0.25) is 5.32 Å². The third-order valence-electron chi connectivity index (χ3n) is 8.04. The van der Waals surface area contributed by atoms with Crippen molar-refractivity contribution in [1.29, 1.82) is 0 Å². The lowest BCUT2D eigenvalue weighted by atomic mass is 9.77. The third-order valence-corrected chi connectivity index (χ3v) is 8.35. The van der Waals surface area contributed by atoms with Crippen molar-refractivity contribution in [1.82, 2.24) is 20.9 Å². The van der Waals surface area contributed by atoms with Gasteiger partial charge in [0.1, 0.15) is 17.3 Å². The molecule has 3 rings (SSSR count). The van der Waals surface area contributed by atoms with Crippen LogP contribution in [0.5, 0.6) is 0 Å². The fourth-order valence-electron chi connectivity index (χ4n) is 5.40. The Labute approximate surface area is 263 Å². The molecule has 0 aliphatic carbocycles. The van der Waals surface area contributed by atoms with Gasteiger partial charge in [-0.2, -0.15) is 0 Å². The predicted molar refractivity (Wildman–Crippen MR) is 174 cm³/mol. The molecule has 3 N–H and O–H groups in total. The molecule has 3 aliphatic rings. The van der Waals surface area contributed by atoms with E-state index in [4.69, 9.17) is 25.8 Å². The van der Waals surface area contributed by atoms with Crippen LogP contribution in [0.15, 0.2) is 70.8 Å². The van der Waals surface area contributed by atoms with Gasteiger partial charge in [-0.15, -0.1) is 0 Å². The number of halogens is 1. The number of nitrogens with one attached hydrogen (secondary N) is 3. The van der Waals surface area contributed by atoms with E-state index in [9.17, 15) is 4.79 Å². The van der Waals surface area contributed by atoms with Crippen LogP contribution in [0.1, 0.15) is 52.4 Å². The van der Waals surface area contributed by atoms with Crippen LogP contribution in [0, 0.1) is 5.41 Å². The van der Waals surface area contributed by atoms with E-state index in [0.717, 1.165) is 75.9 Å². The first-order chi connectivity index (χ1) is 20.6. The Morgan fingerprint density at radius 1 is 1.28 bits per heavy atom. The van der Waals surface area contributed by atoms with Gasteiger partial charge in [0.15, 0.2) is 0 Å². The molecule has 43 heavy (non-hydrogen) atoms. The number of carbonyl (C=O) groups excluding carboxylic acids is 1. The van der Waals surface area contributed by atoms with Crippen LogP contribution < -0.4 is 16.0 Å². The summed E-state index contributed by atoms with van der Waals surface area (Å²) in [6.07, 6.45) is 15.0. The Morgan fingerprint density at radius 3 is 2.65 bits per heavy atom. The maximum Gasteiger partial charge on any atom is 0.420 e. The lowest BCUT2D eigenvalue weighted by molar-refractivity contribution is -0.809. The molecule has 3 heterocycles. The van der Waals surface area contributed by atoms with Crippen LogP contribution in [0.4, 0.5) is 4.79 Å². The van der Waals surface area contributed by atoms with Crippen molar-refractivity contribution in [3.63, 3.8) is 0 Å². The molecule has 0 radical (unpaired) electrons. The van der Waals surface area contributed by atoms with Gasteiger partial charge in [0.25, 0.3) is 0 Å². The Kier molecular flexibility index (Phi) is 13.7. The van der Waals surface area contributed by atoms with Gasteiger partial charge in [0.2, 0.25) is 0 Å². The lowest BCUT2D eigenvalue weighted by Gasteiger charge is -2.47. The first-order valence-electron chi connectivity index (χ1n) is 15.6. The topological polar surface area (TPSA) is 84.1 Å². The van der Waals surface area contributed by atoms with E-state index in [1.54, 1.807) is 6.08 Å². The number of allylic oxidation sites excluding steroid dienone is 4. The number of hydrogen-bond acceptors (Lipinski definition) is 7. The van der Waals surface area contributed by atoms with E-state index in [-0.39, 0.29) is 10.5 Å². The predicted octanol–water partition coefficient (Wildman–Crippen LogP) is 5.47. The molecule has 1 spiro atoms. The number of likely N-dealkylation sites (tertiary alicyclic amines) is 1. The largest absolute Gasteiger partial charge is 0.492 e. The summed E-state index contributed by atoms with van der Waals surface area (Å²) in [7, 11) is 5.63. The molecule has 10 heteroatoms. The summed E-state index contributed by atoms with van der Waals surface area (Å²) in [6, 6.07) is -0.119. The highest BCUT2D eigenvalue weighted by Gasteiger charge is 2.40. The monoisotopic (exact) mass is 618 g/mol. The Balaban J connectivity index is 1.49. The number of quaternary nitrogens is 1. The van der Waals surface area contributed by atoms with Crippen LogP contribution in [-0.2, 0) is 14.2 Å². The SMILES string of the molecule is C=C(C=C(Cl)C(=CCC)NC(=O)[N+](C)(C)CCC)OC1=CCNC(=CC(=CNC)OCCCN2CCC3(CC2)COC3)C1. The molecule has 3 aliphatic heterocycles. The summed E-state index contributed by atoms with van der Waals surface area (Å²) in [5.74, 6) is 1.93. The molecule has 0 aromatic carbocycles. The van der Waals surface area contributed by atoms with Gasteiger partial charge in [-0.25, -0.2) is 9.28 Å². The van der Waals surface area contributed by atoms with Crippen LogP contribution in [0.2, 0.25) is 0 Å². The molecule has 240 valence electrons. The molecule has 2 saturated heterocycles. The highest BCUT2D eigenvalue weighted by molar-refractivity contribution is 6.32. The maximum absolute atomic E-state index is 12.8. The molecule has 0 unspecified atom stereocenters. The molecule has 0 aromatic heterocycles. The van der Waals surface area contributed by atoms with Gasteiger partial charge in [0, 0.05) is 56.0 Å². The molecule has 9 nitrogen and oxygen atoms in total. The van der Waals surface area contributed by atoms with Crippen molar-refractivity contribution < 1.29 is 23.5 Å². The summed E-state index contributed by atoms with van der Waals surface area (Å²) in [4.78, 5) is 15.4. The zero-order valence-corrected chi connectivity index (χ0v) is 27.7. The molecular formula is C33H53ClN5O4+. The molecule has 0 atom stereocenters. The lowest BCUT2D eigenvalue weighted by Crippen LogP contribution is -2.51. The normalized spacial score (nSPS) is 20.7. The Hall–Kier alpha value is -2.72. The first-order valence-corrected chi connectivity index (χ1v) is 16.0. The van der Waals surface area contributed by atoms with Crippen molar-refractivity contribution in [3.8, 4) is 0 Å². The molecule has 0 aromatic rings. The minimum atomic E-state index is -0.119. The zero-order chi connectivity index (χ0) is 31.3. The second-order valence-corrected chi connectivity index (χ2v) is 12.6. The summed E-state index contributed by atoms with van der Waals surface area (Å²) in [6.45, 7) is 15.3. The van der Waals surface area contributed by atoms with Gasteiger partial charge >= 0.3 is 6.03 Å². The molecular weight excluding hydrogens is 566 g/mol. The number of piperidine rings is 1. The quantitative estimate of drug-likeness (QED) is 0.0971. The third kappa shape index (κ3) is 11.1. The second-order valence-electron chi connectivity index (χ2n) is 12.2. The standard InChI is InChI=1S/C33H52ClN5O4/c1-7-10-31(37-32(40)39(5,6)18-8-2)30(34)20-26(3)43-28-11-14-36-27(21-28)22-29(23-35-4)42-19-9-15-38-16-12-33(13-17-38)24-41-25-33/h10-11,20,22-23,35-36H,3,7-9,12-19,21,24-25H2,1-2,4-6H3/p+1. The number of ether oxygens (including phenoxy) is 3. The average Bonchev–Trinajstić information content (AvgIpc) is 2.94.